The van der Waals surface area contributed by atoms with Gasteiger partial charge in [0.25, 0.3) is 0 Å². The Balaban J connectivity index is 1.28. The summed E-state index contributed by atoms with van der Waals surface area (Å²) in [5, 5.41) is 3.41. The molecule has 1 heterocycles. The number of carbonyl (C=O) groups excluding carboxylic acids is 2. The van der Waals surface area contributed by atoms with Crippen LogP contribution < -0.4 is 5.32 Å². The van der Waals surface area contributed by atoms with Crippen LogP contribution in [0.25, 0.3) is 0 Å². The topological polar surface area (TPSA) is 49.4 Å². The van der Waals surface area contributed by atoms with Crippen LogP contribution in [0.4, 0.5) is 0 Å². The molecule has 4 heteroatoms. The highest BCUT2D eigenvalue weighted by Crippen LogP contribution is 2.53. The standard InChI is InChI=1S/C23H38N2O2/c1-15-5-4-6-25(14-15)21(27)13-23(2,3)12-20(26)24-22-18-8-16-7-17(10-18)11-19(22)9-16/h15-19,22H,4-14H2,1-3H3,(H,24,26)/t15-,16?,17?,18?,19?,22?/m0/s1. The molecular formula is C23H38N2O2. The van der Waals surface area contributed by atoms with Crippen molar-refractivity contribution >= 4 is 11.8 Å². The Morgan fingerprint density at radius 1 is 1.00 bits per heavy atom. The monoisotopic (exact) mass is 374 g/mol. The number of rotatable bonds is 5. The number of likely N-dealkylation sites (tertiary alicyclic amines) is 1. The Morgan fingerprint density at radius 3 is 2.22 bits per heavy atom. The van der Waals surface area contributed by atoms with Gasteiger partial charge in [0.1, 0.15) is 0 Å². The molecule has 4 bridgehead atoms. The zero-order chi connectivity index (χ0) is 19.2. The predicted molar refractivity (Wildman–Crippen MR) is 107 cm³/mol. The molecule has 2 amide bonds. The second kappa shape index (κ2) is 7.40. The van der Waals surface area contributed by atoms with E-state index in [1.807, 2.05) is 4.90 Å². The Kier molecular flexibility index (Phi) is 5.28. The van der Waals surface area contributed by atoms with E-state index in [0.717, 1.165) is 31.3 Å². The van der Waals surface area contributed by atoms with Gasteiger partial charge in [0.05, 0.1) is 0 Å². The van der Waals surface area contributed by atoms with Gasteiger partial charge in [0.2, 0.25) is 11.8 Å². The molecule has 27 heavy (non-hydrogen) atoms. The van der Waals surface area contributed by atoms with Gasteiger partial charge in [-0.2, -0.15) is 0 Å². The maximum Gasteiger partial charge on any atom is 0.223 e. The van der Waals surface area contributed by atoms with E-state index in [4.69, 9.17) is 0 Å². The van der Waals surface area contributed by atoms with Gasteiger partial charge in [-0.25, -0.2) is 0 Å². The van der Waals surface area contributed by atoms with Gasteiger partial charge >= 0.3 is 0 Å². The van der Waals surface area contributed by atoms with Crippen molar-refractivity contribution in [3.05, 3.63) is 0 Å². The molecule has 152 valence electrons. The van der Waals surface area contributed by atoms with E-state index in [1.54, 1.807) is 0 Å². The summed E-state index contributed by atoms with van der Waals surface area (Å²) in [5.74, 6) is 4.29. The molecule has 5 aliphatic rings. The van der Waals surface area contributed by atoms with Gasteiger partial charge in [-0.3, -0.25) is 9.59 Å². The largest absolute Gasteiger partial charge is 0.353 e. The molecule has 1 aliphatic heterocycles. The number of hydrogen-bond donors (Lipinski definition) is 1. The van der Waals surface area contributed by atoms with Crippen LogP contribution in [-0.4, -0.2) is 35.8 Å². The molecule has 1 atom stereocenters. The number of hydrogen-bond acceptors (Lipinski definition) is 2. The summed E-state index contributed by atoms with van der Waals surface area (Å²) >= 11 is 0. The van der Waals surface area contributed by atoms with E-state index in [0.29, 0.717) is 36.6 Å². The SMILES string of the molecule is C[C@H]1CCCN(C(=O)CC(C)(C)CC(=O)NC2C3CC4CC(C3)CC2C4)C1. The molecule has 5 rings (SSSR count). The van der Waals surface area contributed by atoms with E-state index >= 15 is 0 Å². The summed E-state index contributed by atoms with van der Waals surface area (Å²) in [6.07, 6.45) is 10.0. The second-order valence-electron chi connectivity index (χ2n) is 11.1. The summed E-state index contributed by atoms with van der Waals surface area (Å²) in [6.45, 7) is 8.15. The highest BCUT2D eigenvalue weighted by atomic mass is 16.2. The summed E-state index contributed by atoms with van der Waals surface area (Å²) in [4.78, 5) is 27.6. The van der Waals surface area contributed by atoms with Crippen molar-refractivity contribution in [3.8, 4) is 0 Å². The maximum atomic E-state index is 12.8. The quantitative estimate of drug-likeness (QED) is 0.791. The molecule has 1 saturated heterocycles. The molecule has 5 fully saturated rings. The lowest BCUT2D eigenvalue weighted by atomic mass is 9.54. The smallest absolute Gasteiger partial charge is 0.223 e. The Bertz CT molecular complexity index is 557. The molecule has 4 aliphatic carbocycles. The van der Waals surface area contributed by atoms with Gasteiger partial charge in [0, 0.05) is 32.0 Å². The van der Waals surface area contributed by atoms with Crippen LogP contribution in [0.15, 0.2) is 0 Å². The normalized spacial score (nSPS) is 38.1. The van der Waals surface area contributed by atoms with Crippen molar-refractivity contribution in [2.24, 2.45) is 35.0 Å². The average molecular weight is 375 g/mol. The minimum atomic E-state index is -0.270. The van der Waals surface area contributed by atoms with Gasteiger partial charge in [-0.05, 0) is 80.0 Å². The minimum Gasteiger partial charge on any atom is -0.353 e. The maximum absolute atomic E-state index is 12.8. The molecule has 0 unspecified atom stereocenters. The Labute approximate surface area is 164 Å². The Morgan fingerprint density at radius 2 is 1.63 bits per heavy atom. The fraction of sp³-hybridized carbons (Fsp3) is 0.913. The lowest BCUT2D eigenvalue weighted by Crippen LogP contribution is -2.56. The molecule has 4 nitrogen and oxygen atoms in total. The van der Waals surface area contributed by atoms with Crippen molar-refractivity contribution in [2.75, 3.05) is 13.1 Å². The molecule has 4 saturated carbocycles. The fourth-order valence-electron chi connectivity index (χ4n) is 6.83. The summed E-state index contributed by atoms with van der Waals surface area (Å²) in [7, 11) is 0. The van der Waals surface area contributed by atoms with Crippen molar-refractivity contribution in [1.29, 1.82) is 0 Å². The number of nitrogens with one attached hydrogen (secondary N) is 1. The van der Waals surface area contributed by atoms with Gasteiger partial charge < -0.3 is 10.2 Å². The molecule has 0 aromatic carbocycles. The van der Waals surface area contributed by atoms with E-state index in [9.17, 15) is 9.59 Å². The van der Waals surface area contributed by atoms with E-state index < -0.39 is 0 Å². The van der Waals surface area contributed by atoms with Gasteiger partial charge in [-0.15, -0.1) is 0 Å². The highest BCUT2D eigenvalue weighted by molar-refractivity contribution is 5.80. The van der Waals surface area contributed by atoms with E-state index in [1.165, 1.54) is 38.5 Å². The third-order valence-electron chi connectivity index (χ3n) is 7.83. The average Bonchev–Trinajstić information content (AvgIpc) is 2.56. The first-order valence-corrected chi connectivity index (χ1v) is 11.4. The lowest BCUT2D eigenvalue weighted by Gasteiger charge is -2.54. The van der Waals surface area contributed by atoms with Crippen molar-refractivity contribution in [2.45, 2.75) is 84.6 Å². The number of amides is 2. The zero-order valence-electron chi connectivity index (χ0n) is 17.5. The summed E-state index contributed by atoms with van der Waals surface area (Å²) < 4.78 is 0. The van der Waals surface area contributed by atoms with Crippen molar-refractivity contribution < 1.29 is 9.59 Å². The number of piperidine rings is 1. The first-order chi connectivity index (χ1) is 12.8. The highest BCUT2D eigenvalue weighted by Gasteiger charge is 2.48. The third kappa shape index (κ3) is 4.35. The molecule has 0 spiro atoms. The van der Waals surface area contributed by atoms with Crippen LogP contribution >= 0.6 is 0 Å². The number of nitrogens with zero attached hydrogens (tertiary/aromatic N) is 1. The molecule has 0 aromatic heterocycles. The summed E-state index contributed by atoms with van der Waals surface area (Å²) in [5.41, 5.74) is -0.270. The van der Waals surface area contributed by atoms with Crippen LogP contribution in [0.5, 0.6) is 0 Å². The molecule has 0 aromatic rings. The number of carbonyl (C=O) groups is 2. The summed E-state index contributed by atoms with van der Waals surface area (Å²) in [6, 6.07) is 0.403. The van der Waals surface area contributed by atoms with Gasteiger partial charge in [-0.1, -0.05) is 20.8 Å². The van der Waals surface area contributed by atoms with Crippen molar-refractivity contribution in [3.63, 3.8) is 0 Å². The third-order valence-corrected chi connectivity index (χ3v) is 7.83. The first-order valence-electron chi connectivity index (χ1n) is 11.4. The van der Waals surface area contributed by atoms with Crippen LogP contribution in [0, 0.1) is 35.0 Å². The lowest BCUT2D eigenvalue weighted by molar-refractivity contribution is -0.136. The molecule has 1 N–H and O–H groups in total. The van der Waals surface area contributed by atoms with Crippen molar-refractivity contribution in [1.82, 2.24) is 10.2 Å². The van der Waals surface area contributed by atoms with E-state index in [-0.39, 0.29) is 17.2 Å². The molecule has 0 radical (unpaired) electrons. The Hall–Kier alpha value is -1.06. The van der Waals surface area contributed by atoms with Crippen LogP contribution in [0.2, 0.25) is 0 Å². The fourth-order valence-corrected chi connectivity index (χ4v) is 6.83. The zero-order valence-corrected chi connectivity index (χ0v) is 17.5. The van der Waals surface area contributed by atoms with Gasteiger partial charge in [0.15, 0.2) is 0 Å². The molecular weight excluding hydrogens is 336 g/mol. The van der Waals surface area contributed by atoms with Crippen LogP contribution in [0.1, 0.15) is 78.6 Å². The van der Waals surface area contributed by atoms with E-state index in [2.05, 4.69) is 26.1 Å². The van der Waals surface area contributed by atoms with Crippen LogP contribution in [0.3, 0.4) is 0 Å². The minimum absolute atomic E-state index is 0.164. The van der Waals surface area contributed by atoms with Crippen LogP contribution in [-0.2, 0) is 9.59 Å². The first kappa shape index (κ1) is 19.3. The second-order valence-corrected chi connectivity index (χ2v) is 11.1. The predicted octanol–water partition coefficient (Wildman–Crippen LogP) is 3.99.